The molecule has 0 fully saturated rings. The molecule has 0 aromatic heterocycles. The summed E-state index contributed by atoms with van der Waals surface area (Å²) in [6.07, 6.45) is 3.18. The molecular weight excluding hydrogens is 398 g/mol. The van der Waals surface area contributed by atoms with Crippen LogP contribution in [-0.2, 0) is 24.7 Å². The van der Waals surface area contributed by atoms with Gasteiger partial charge in [0.25, 0.3) is 10.0 Å². The highest BCUT2D eigenvalue weighted by molar-refractivity contribution is 7.96. The van der Waals surface area contributed by atoms with Crippen molar-refractivity contribution in [2.24, 2.45) is 4.40 Å². The van der Waals surface area contributed by atoms with Gasteiger partial charge >= 0.3 is 0 Å². The number of sulfone groups is 1. The van der Waals surface area contributed by atoms with E-state index in [2.05, 4.69) is 4.40 Å². The van der Waals surface area contributed by atoms with Gasteiger partial charge in [0, 0.05) is 0 Å². The molecule has 8 heteroatoms. The SMILES string of the molecule is Cc1ccc(S(=O)(=O)/N=C2/C=CC(=O)C(S(=O)(=O)c3ccc(C)cc3)=C2)cc1. The van der Waals surface area contributed by atoms with Crippen LogP contribution in [0.1, 0.15) is 11.1 Å². The predicted octanol–water partition coefficient (Wildman–Crippen LogP) is 2.93. The van der Waals surface area contributed by atoms with E-state index >= 15 is 0 Å². The third kappa shape index (κ3) is 4.02. The van der Waals surface area contributed by atoms with E-state index in [1.807, 2.05) is 13.8 Å². The minimum atomic E-state index is -4.10. The quantitative estimate of drug-likeness (QED) is 0.715. The molecule has 1 aliphatic carbocycles. The van der Waals surface area contributed by atoms with Gasteiger partial charge in [0.05, 0.1) is 15.5 Å². The molecule has 1 aliphatic rings. The van der Waals surface area contributed by atoms with Gasteiger partial charge in [0.2, 0.25) is 9.84 Å². The monoisotopic (exact) mass is 415 g/mol. The summed E-state index contributed by atoms with van der Waals surface area (Å²) in [5, 5.41) is 0. The van der Waals surface area contributed by atoms with Gasteiger partial charge in [-0.15, -0.1) is 0 Å². The minimum Gasteiger partial charge on any atom is -0.288 e. The van der Waals surface area contributed by atoms with Crippen molar-refractivity contribution in [3.05, 3.63) is 82.8 Å². The molecule has 3 rings (SSSR count). The minimum absolute atomic E-state index is 0.0211. The van der Waals surface area contributed by atoms with E-state index in [0.29, 0.717) is 0 Å². The first kappa shape index (κ1) is 19.9. The Balaban J connectivity index is 2.04. The Bertz CT molecular complexity index is 1230. The molecule has 0 bridgehead atoms. The van der Waals surface area contributed by atoms with Crippen molar-refractivity contribution < 1.29 is 21.6 Å². The molecule has 28 heavy (non-hydrogen) atoms. The van der Waals surface area contributed by atoms with Crippen LogP contribution in [0.3, 0.4) is 0 Å². The number of hydrogen-bond donors (Lipinski definition) is 0. The molecule has 0 N–H and O–H groups in total. The number of carbonyl (C=O) groups excluding carboxylic acids is 1. The molecule has 144 valence electrons. The van der Waals surface area contributed by atoms with Gasteiger partial charge in [0.1, 0.15) is 4.91 Å². The maximum atomic E-state index is 12.8. The number of rotatable bonds is 4. The van der Waals surface area contributed by atoms with Crippen LogP contribution in [0.4, 0.5) is 0 Å². The van der Waals surface area contributed by atoms with Crippen molar-refractivity contribution in [1.82, 2.24) is 0 Å². The number of benzene rings is 2. The van der Waals surface area contributed by atoms with Crippen LogP contribution in [0, 0.1) is 13.8 Å². The molecule has 0 aliphatic heterocycles. The van der Waals surface area contributed by atoms with E-state index in [1.165, 1.54) is 30.3 Å². The molecule has 0 radical (unpaired) electrons. The first-order chi connectivity index (χ1) is 13.1. The summed E-state index contributed by atoms with van der Waals surface area (Å²) < 4.78 is 54.2. The average Bonchev–Trinajstić information content (AvgIpc) is 2.64. The topological polar surface area (TPSA) is 97.7 Å². The van der Waals surface area contributed by atoms with Crippen molar-refractivity contribution in [1.29, 1.82) is 0 Å². The van der Waals surface area contributed by atoms with Gasteiger partial charge in [0.15, 0.2) is 5.78 Å². The van der Waals surface area contributed by atoms with Crippen molar-refractivity contribution >= 4 is 31.4 Å². The zero-order valence-electron chi connectivity index (χ0n) is 15.2. The number of sulfonamides is 1. The summed E-state index contributed by atoms with van der Waals surface area (Å²) >= 11 is 0. The highest BCUT2D eigenvalue weighted by Gasteiger charge is 2.28. The van der Waals surface area contributed by atoms with Crippen molar-refractivity contribution in [2.45, 2.75) is 23.6 Å². The summed E-state index contributed by atoms with van der Waals surface area (Å²) in [6, 6.07) is 12.1. The van der Waals surface area contributed by atoms with E-state index in [9.17, 15) is 21.6 Å². The third-order valence-corrected chi connectivity index (χ3v) is 7.20. The van der Waals surface area contributed by atoms with E-state index in [1.54, 1.807) is 24.3 Å². The zero-order chi connectivity index (χ0) is 20.5. The molecule has 0 atom stereocenters. The number of nitrogens with zero attached hydrogens (tertiary/aromatic N) is 1. The van der Waals surface area contributed by atoms with Crippen LogP contribution in [0.15, 0.2) is 85.9 Å². The van der Waals surface area contributed by atoms with E-state index in [4.69, 9.17) is 0 Å². The summed E-state index contributed by atoms with van der Waals surface area (Å²) in [6.45, 7) is 3.63. The molecule has 6 nitrogen and oxygen atoms in total. The Morgan fingerprint density at radius 3 is 1.75 bits per heavy atom. The first-order valence-electron chi connectivity index (χ1n) is 8.27. The standard InChI is InChI=1S/C20H17NO5S2/c1-14-3-8-17(9-4-14)27(23,24)20-13-16(7-12-19(20)22)21-28(25,26)18-10-5-15(2)6-11-18/h3-13H,1-2H3/b21-16-. The van der Waals surface area contributed by atoms with Gasteiger partial charge < -0.3 is 0 Å². The highest BCUT2D eigenvalue weighted by atomic mass is 32.2. The van der Waals surface area contributed by atoms with Crippen LogP contribution >= 0.6 is 0 Å². The molecule has 0 heterocycles. The van der Waals surface area contributed by atoms with Gasteiger partial charge in [-0.2, -0.15) is 12.8 Å². The second-order valence-electron chi connectivity index (χ2n) is 6.33. The van der Waals surface area contributed by atoms with Crippen molar-refractivity contribution in [3.63, 3.8) is 0 Å². The van der Waals surface area contributed by atoms with E-state index < -0.39 is 30.5 Å². The van der Waals surface area contributed by atoms with Crippen molar-refractivity contribution in [2.75, 3.05) is 0 Å². The Hall–Kier alpha value is -2.84. The number of allylic oxidation sites excluding steroid dienone is 4. The molecular formula is C20H17NO5S2. The fourth-order valence-electron chi connectivity index (χ4n) is 2.51. The van der Waals surface area contributed by atoms with Crippen LogP contribution in [0.25, 0.3) is 0 Å². The number of aryl methyl sites for hydroxylation is 2. The Kier molecular flexibility index (Phi) is 5.18. The lowest BCUT2D eigenvalue weighted by molar-refractivity contribution is -0.110. The Morgan fingerprint density at radius 1 is 0.714 bits per heavy atom. The number of hydrogen-bond acceptors (Lipinski definition) is 5. The fourth-order valence-corrected chi connectivity index (χ4v) is 4.84. The number of ketones is 1. The predicted molar refractivity (Wildman–Crippen MR) is 106 cm³/mol. The van der Waals surface area contributed by atoms with Crippen LogP contribution < -0.4 is 0 Å². The molecule has 0 amide bonds. The second kappa shape index (κ2) is 7.29. The Labute approximate surface area is 163 Å². The highest BCUT2D eigenvalue weighted by Crippen LogP contribution is 2.24. The maximum absolute atomic E-state index is 12.8. The fraction of sp³-hybridized carbons (Fsp3) is 0.100. The lowest BCUT2D eigenvalue weighted by atomic mass is 10.2. The van der Waals surface area contributed by atoms with Gasteiger partial charge in [-0.3, -0.25) is 4.79 Å². The van der Waals surface area contributed by atoms with E-state index in [-0.39, 0.29) is 15.5 Å². The lowest BCUT2D eigenvalue weighted by Gasteiger charge is -2.10. The first-order valence-corrected chi connectivity index (χ1v) is 11.2. The molecule has 0 saturated heterocycles. The van der Waals surface area contributed by atoms with Gasteiger partial charge in [-0.05, 0) is 56.3 Å². The summed E-state index contributed by atoms with van der Waals surface area (Å²) in [4.78, 5) is 11.6. The van der Waals surface area contributed by atoms with Crippen LogP contribution in [-0.4, -0.2) is 28.3 Å². The molecule has 0 unspecified atom stereocenters. The summed E-state index contributed by atoms with van der Waals surface area (Å²) in [5.41, 5.74) is 1.63. The van der Waals surface area contributed by atoms with Crippen LogP contribution in [0.5, 0.6) is 0 Å². The molecule has 0 spiro atoms. The zero-order valence-corrected chi connectivity index (χ0v) is 16.8. The Morgan fingerprint density at radius 2 is 1.21 bits per heavy atom. The lowest BCUT2D eigenvalue weighted by Crippen LogP contribution is -2.17. The van der Waals surface area contributed by atoms with Gasteiger partial charge in [-0.1, -0.05) is 35.4 Å². The third-order valence-electron chi connectivity index (χ3n) is 4.09. The molecule has 0 saturated carbocycles. The number of carbonyl (C=O) groups is 1. The van der Waals surface area contributed by atoms with Crippen LogP contribution in [0.2, 0.25) is 0 Å². The largest absolute Gasteiger partial charge is 0.288 e. The smallest absolute Gasteiger partial charge is 0.282 e. The average molecular weight is 415 g/mol. The maximum Gasteiger partial charge on any atom is 0.282 e. The summed E-state index contributed by atoms with van der Waals surface area (Å²) in [5.74, 6) is -0.729. The normalized spacial score (nSPS) is 16.3. The van der Waals surface area contributed by atoms with E-state index in [0.717, 1.165) is 23.3 Å². The van der Waals surface area contributed by atoms with Crippen molar-refractivity contribution in [3.8, 4) is 0 Å². The molecule has 2 aromatic carbocycles. The second-order valence-corrected chi connectivity index (χ2v) is 9.85. The van der Waals surface area contributed by atoms with Gasteiger partial charge in [-0.25, -0.2) is 8.42 Å². The summed E-state index contributed by atoms with van der Waals surface area (Å²) in [7, 11) is -8.15. The molecule has 2 aromatic rings.